The summed E-state index contributed by atoms with van der Waals surface area (Å²) in [4.78, 5) is 44.4. The minimum atomic E-state index is -0.657. The summed E-state index contributed by atoms with van der Waals surface area (Å²) in [5.74, 6) is -0.592. The molecule has 38 heavy (non-hydrogen) atoms. The standard InChI is InChI=1S/C29H24N2O5S2/c1-16-7-6-8-17(13-16)15-36-20-12-11-18(14-21(20)35-2)22-23-25(37-26-24(22)38-29(34)30-26)28(33)31(27(23)32)19-9-4-3-5-10-19/h3-14,22-23,25H,15H2,1-2H3,(H,30,34)/t22-,23-,25+/m0/s1. The van der Waals surface area contributed by atoms with E-state index in [1.54, 1.807) is 31.4 Å². The lowest BCUT2D eigenvalue weighted by atomic mass is 9.83. The van der Waals surface area contributed by atoms with Crippen molar-refractivity contribution in [2.45, 2.75) is 29.7 Å². The van der Waals surface area contributed by atoms with E-state index in [0.29, 0.717) is 28.8 Å². The predicted molar refractivity (Wildman–Crippen MR) is 147 cm³/mol. The minimum absolute atomic E-state index is 0.211. The maximum absolute atomic E-state index is 13.8. The number of amides is 2. The molecule has 0 bridgehead atoms. The molecule has 3 atom stereocenters. The first-order valence-corrected chi connectivity index (χ1v) is 13.8. The van der Waals surface area contributed by atoms with Gasteiger partial charge in [0.2, 0.25) is 11.8 Å². The van der Waals surface area contributed by atoms with Crippen LogP contribution in [0.25, 0.3) is 0 Å². The van der Waals surface area contributed by atoms with E-state index in [1.807, 2.05) is 49.4 Å². The average molecular weight is 545 g/mol. The second-order valence-corrected chi connectivity index (χ2v) is 11.5. The second-order valence-electron chi connectivity index (χ2n) is 9.29. The Morgan fingerprint density at radius 1 is 0.921 bits per heavy atom. The number of H-pyrrole nitrogens is 1. The van der Waals surface area contributed by atoms with Crippen molar-refractivity contribution in [2.24, 2.45) is 5.92 Å². The van der Waals surface area contributed by atoms with Gasteiger partial charge in [-0.05, 0) is 42.3 Å². The Morgan fingerprint density at radius 3 is 2.50 bits per heavy atom. The van der Waals surface area contributed by atoms with Crippen LogP contribution in [0.1, 0.15) is 27.5 Å². The fraction of sp³-hybridized carbons (Fsp3) is 0.207. The predicted octanol–water partition coefficient (Wildman–Crippen LogP) is 5.13. The number of thiazole rings is 1. The van der Waals surface area contributed by atoms with Crippen LogP contribution in [0.4, 0.5) is 5.69 Å². The average Bonchev–Trinajstić information content (AvgIpc) is 3.42. The number of hydrogen-bond acceptors (Lipinski definition) is 7. The quantitative estimate of drug-likeness (QED) is 0.339. The fourth-order valence-electron chi connectivity index (χ4n) is 5.17. The minimum Gasteiger partial charge on any atom is -0.493 e. The Morgan fingerprint density at radius 2 is 1.74 bits per heavy atom. The van der Waals surface area contributed by atoms with Gasteiger partial charge >= 0.3 is 4.87 Å². The number of thioether (sulfide) groups is 1. The summed E-state index contributed by atoms with van der Waals surface area (Å²) in [5.41, 5.74) is 3.53. The zero-order valence-corrected chi connectivity index (χ0v) is 22.3. The van der Waals surface area contributed by atoms with Crippen molar-refractivity contribution in [3.63, 3.8) is 0 Å². The number of carbonyl (C=O) groups excluding carboxylic acids is 2. The summed E-state index contributed by atoms with van der Waals surface area (Å²) in [6, 6.07) is 22.6. The molecule has 6 rings (SSSR count). The van der Waals surface area contributed by atoms with Gasteiger partial charge < -0.3 is 14.5 Å². The van der Waals surface area contributed by atoms with Crippen LogP contribution in [0.5, 0.6) is 11.5 Å². The molecule has 2 aliphatic rings. The largest absolute Gasteiger partial charge is 0.493 e. The highest BCUT2D eigenvalue weighted by molar-refractivity contribution is 8.00. The molecule has 1 saturated heterocycles. The molecule has 0 radical (unpaired) electrons. The summed E-state index contributed by atoms with van der Waals surface area (Å²) in [6.45, 7) is 2.41. The number of nitrogens with one attached hydrogen (secondary N) is 1. The molecule has 9 heteroatoms. The molecule has 0 aliphatic carbocycles. The maximum Gasteiger partial charge on any atom is 0.305 e. The normalized spacial score (nSPS) is 20.3. The van der Waals surface area contributed by atoms with E-state index in [4.69, 9.17) is 9.47 Å². The molecule has 3 aromatic carbocycles. The number of aromatic nitrogens is 1. The number of anilines is 1. The molecule has 3 heterocycles. The molecule has 0 unspecified atom stereocenters. The van der Waals surface area contributed by atoms with Gasteiger partial charge in [0.25, 0.3) is 0 Å². The van der Waals surface area contributed by atoms with Crippen LogP contribution >= 0.6 is 23.1 Å². The zero-order valence-electron chi connectivity index (χ0n) is 20.7. The first-order valence-electron chi connectivity index (χ1n) is 12.1. The van der Waals surface area contributed by atoms with E-state index in [0.717, 1.165) is 32.9 Å². The highest BCUT2D eigenvalue weighted by Crippen LogP contribution is 2.53. The number of rotatable bonds is 6. The van der Waals surface area contributed by atoms with Gasteiger partial charge in [-0.2, -0.15) is 0 Å². The lowest BCUT2D eigenvalue weighted by Crippen LogP contribution is -2.32. The van der Waals surface area contributed by atoms with Crippen LogP contribution in [0, 0.1) is 12.8 Å². The highest BCUT2D eigenvalue weighted by atomic mass is 32.2. The molecule has 0 saturated carbocycles. The van der Waals surface area contributed by atoms with Gasteiger partial charge in [-0.3, -0.25) is 14.4 Å². The van der Waals surface area contributed by atoms with E-state index in [1.165, 1.54) is 16.7 Å². The first-order chi connectivity index (χ1) is 18.4. The van der Waals surface area contributed by atoms with Crippen molar-refractivity contribution < 1.29 is 19.1 Å². The first kappa shape index (κ1) is 24.5. The number of fused-ring (bicyclic) bond motifs is 2. The third-order valence-corrected chi connectivity index (χ3v) is 9.26. The molecule has 1 N–H and O–H groups in total. The van der Waals surface area contributed by atoms with Gasteiger partial charge in [0.05, 0.1) is 23.7 Å². The number of methoxy groups -OCH3 is 1. The number of aromatic amines is 1. The number of aryl methyl sites for hydroxylation is 1. The van der Waals surface area contributed by atoms with Crippen molar-refractivity contribution in [1.82, 2.24) is 4.98 Å². The maximum atomic E-state index is 13.8. The third-order valence-electron chi connectivity index (χ3n) is 6.86. The topological polar surface area (TPSA) is 88.7 Å². The summed E-state index contributed by atoms with van der Waals surface area (Å²) < 4.78 is 11.7. The van der Waals surface area contributed by atoms with Crippen molar-refractivity contribution in [2.75, 3.05) is 12.0 Å². The third kappa shape index (κ3) is 4.21. The van der Waals surface area contributed by atoms with E-state index >= 15 is 0 Å². The Bertz CT molecular complexity index is 1600. The van der Waals surface area contributed by atoms with Crippen molar-refractivity contribution in [3.8, 4) is 11.5 Å². The number of benzene rings is 3. The lowest BCUT2D eigenvalue weighted by molar-refractivity contribution is -0.122. The summed E-state index contributed by atoms with van der Waals surface area (Å²) in [6.07, 6.45) is 0. The van der Waals surface area contributed by atoms with Gasteiger partial charge in [0, 0.05) is 10.8 Å². The number of para-hydroxylation sites is 1. The van der Waals surface area contributed by atoms with Crippen LogP contribution in [0.2, 0.25) is 0 Å². The number of hydrogen-bond donors (Lipinski definition) is 1. The summed E-state index contributed by atoms with van der Waals surface area (Å²) in [5, 5.41) is -0.00486. The molecule has 4 aromatic rings. The number of ether oxygens (including phenoxy) is 2. The second kappa shape index (κ2) is 9.81. The fourth-order valence-corrected chi connectivity index (χ4v) is 7.68. The molecular formula is C29H24N2O5S2. The number of imide groups is 1. The summed E-state index contributed by atoms with van der Waals surface area (Å²) >= 11 is 2.35. The monoisotopic (exact) mass is 544 g/mol. The Kier molecular flexibility index (Phi) is 6.33. The smallest absolute Gasteiger partial charge is 0.305 e. The van der Waals surface area contributed by atoms with Crippen LogP contribution in [0.3, 0.4) is 0 Å². The molecule has 192 valence electrons. The zero-order chi connectivity index (χ0) is 26.4. The van der Waals surface area contributed by atoms with Gasteiger partial charge in [0.1, 0.15) is 11.9 Å². The molecule has 0 spiro atoms. The molecule has 2 aliphatic heterocycles. The highest BCUT2D eigenvalue weighted by Gasteiger charge is 2.56. The van der Waals surface area contributed by atoms with E-state index in [9.17, 15) is 14.4 Å². The molecule has 7 nitrogen and oxygen atoms in total. The number of nitrogens with zero attached hydrogens (tertiary/aromatic N) is 1. The number of carbonyl (C=O) groups is 2. The Balaban J connectivity index is 1.38. The van der Waals surface area contributed by atoms with Crippen molar-refractivity contribution >= 4 is 40.6 Å². The van der Waals surface area contributed by atoms with Crippen molar-refractivity contribution in [3.05, 3.63) is 104 Å². The van der Waals surface area contributed by atoms with Crippen LogP contribution in [-0.2, 0) is 16.2 Å². The van der Waals surface area contributed by atoms with Gasteiger partial charge in [-0.15, -0.1) is 0 Å². The van der Waals surface area contributed by atoms with Crippen LogP contribution in [0.15, 0.2) is 82.6 Å². The van der Waals surface area contributed by atoms with E-state index < -0.39 is 17.1 Å². The lowest BCUT2D eigenvalue weighted by Gasteiger charge is -2.30. The molecular weight excluding hydrogens is 520 g/mol. The SMILES string of the molecule is COc1cc([C@@H]2c3sc(=O)[nH]c3S[C@H]3C(=O)N(c4ccccc4)C(=O)[C@@H]23)ccc1OCc1cccc(C)c1. The summed E-state index contributed by atoms with van der Waals surface area (Å²) in [7, 11) is 1.57. The van der Waals surface area contributed by atoms with E-state index in [-0.39, 0.29) is 16.7 Å². The molecule has 1 aromatic heterocycles. The van der Waals surface area contributed by atoms with Crippen molar-refractivity contribution in [1.29, 1.82) is 0 Å². The van der Waals surface area contributed by atoms with E-state index in [2.05, 4.69) is 11.1 Å². The van der Waals surface area contributed by atoms with Gasteiger partial charge in [0.15, 0.2) is 11.5 Å². The van der Waals surface area contributed by atoms with Gasteiger partial charge in [-0.1, -0.05) is 77.2 Å². The Hall–Kier alpha value is -3.82. The Labute approximate surface area is 227 Å². The molecule has 2 amide bonds. The van der Waals surface area contributed by atoms with Crippen LogP contribution in [-0.4, -0.2) is 29.2 Å². The van der Waals surface area contributed by atoms with Gasteiger partial charge in [-0.25, -0.2) is 4.90 Å². The van der Waals surface area contributed by atoms with Crippen LogP contribution < -0.4 is 19.2 Å². The molecule has 1 fully saturated rings.